The molecular formula is C11H14N4O3. The van der Waals surface area contributed by atoms with Gasteiger partial charge < -0.3 is 9.15 Å². The zero-order valence-corrected chi connectivity index (χ0v) is 9.92. The Morgan fingerprint density at radius 2 is 2.50 bits per heavy atom. The summed E-state index contributed by atoms with van der Waals surface area (Å²) in [4.78, 5) is 11.4. The van der Waals surface area contributed by atoms with Crippen molar-refractivity contribution in [1.82, 2.24) is 15.2 Å². The number of aromatic nitrogens is 2. The van der Waals surface area contributed by atoms with Crippen molar-refractivity contribution in [3.63, 3.8) is 0 Å². The van der Waals surface area contributed by atoms with E-state index in [0.29, 0.717) is 11.3 Å². The number of furan rings is 1. The maximum absolute atomic E-state index is 11.4. The Morgan fingerprint density at radius 1 is 1.67 bits per heavy atom. The largest absolute Gasteiger partial charge is 0.485 e. The van der Waals surface area contributed by atoms with Gasteiger partial charge in [0.05, 0.1) is 18.7 Å². The number of hydrogen-bond donors (Lipinski definition) is 2. The molecule has 0 radical (unpaired) electrons. The van der Waals surface area contributed by atoms with Gasteiger partial charge in [0.15, 0.2) is 11.5 Å². The number of hydrogen-bond acceptors (Lipinski definition) is 5. The first-order valence-electron chi connectivity index (χ1n) is 5.47. The third-order valence-corrected chi connectivity index (χ3v) is 2.41. The number of aryl methyl sites for hydroxylation is 1. The van der Waals surface area contributed by atoms with E-state index in [0.717, 1.165) is 6.54 Å². The van der Waals surface area contributed by atoms with E-state index in [1.54, 1.807) is 23.1 Å². The fraction of sp³-hybridized carbons (Fsp3) is 0.273. The number of carbonyl (C=O) groups is 1. The zero-order valence-electron chi connectivity index (χ0n) is 9.92. The highest BCUT2D eigenvalue weighted by Gasteiger charge is 2.14. The molecule has 0 aromatic carbocycles. The standard InChI is InChI=1S/C11H14N4O3/c1-2-15-6-9(5-13-15)18-7-8-3-4-17-10(8)11(16)14-12/h3-6H,2,7,12H2,1H3,(H,14,16). The minimum atomic E-state index is -0.483. The zero-order chi connectivity index (χ0) is 13.0. The number of nitrogen functional groups attached to an aromatic ring is 1. The summed E-state index contributed by atoms with van der Waals surface area (Å²) < 4.78 is 12.3. The Hall–Kier alpha value is -2.28. The smallest absolute Gasteiger partial charge is 0.301 e. The van der Waals surface area contributed by atoms with Crippen LogP contribution in [0.25, 0.3) is 0 Å². The lowest BCUT2D eigenvalue weighted by atomic mass is 10.2. The van der Waals surface area contributed by atoms with Gasteiger partial charge in [-0.15, -0.1) is 0 Å². The van der Waals surface area contributed by atoms with Crippen molar-refractivity contribution in [2.24, 2.45) is 5.84 Å². The van der Waals surface area contributed by atoms with Crippen LogP contribution in [0.4, 0.5) is 0 Å². The van der Waals surface area contributed by atoms with Crippen LogP contribution in [0.5, 0.6) is 5.75 Å². The fourth-order valence-electron chi connectivity index (χ4n) is 1.47. The predicted molar refractivity (Wildman–Crippen MR) is 62.6 cm³/mol. The molecule has 0 saturated heterocycles. The highest BCUT2D eigenvalue weighted by molar-refractivity contribution is 5.92. The first kappa shape index (κ1) is 12.2. The molecule has 0 spiro atoms. The van der Waals surface area contributed by atoms with Crippen LogP contribution in [0.15, 0.2) is 29.1 Å². The Balaban J connectivity index is 2.02. The summed E-state index contributed by atoms with van der Waals surface area (Å²) in [6.45, 7) is 2.97. The first-order valence-corrected chi connectivity index (χ1v) is 5.47. The maximum Gasteiger partial charge on any atom is 0.301 e. The molecule has 0 atom stereocenters. The van der Waals surface area contributed by atoms with E-state index in [-0.39, 0.29) is 12.4 Å². The van der Waals surface area contributed by atoms with Crippen LogP contribution in [-0.4, -0.2) is 15.7 Å². The Morgan fingerprint density at radius 3 is 3.17 bits per heavy atom. The molecule has 7 nitrogen and oxygen atoms in total. The molecule has 1 amide bonds. The van der Waals surface area contributed by atoms with Crippen LogP contribution < -0.4 is 16.0 Å². The molecule has 0 aliphatic carbocycles. The highest BCUT2D eigenvalue weighted by atomic mass is 16.5. The lowest BCUT2D eigenvalue weighted by Crippen LogP contribution is -2.30. The van der Waals surface area contributed by atoms with E-state index in [1.807, 2.05) is 12.3 Å². The molecule has 7 heteroatoms. The molecule has 0 unspecified atom stereocenters. The predicted octanol–water partition coefficient (Wildman–Crippen LogP) is 0.679. The van der Waals surface area contributed by atoms with Gasteiger partial charge in [-0.3, -0.25) is 14.9 Å². The number of carbonyl (C=O) groups excluding carboxylic acids is 1. The maximum atomic E-state index is 11.4. The van der Waals surface area contributed by atoms with Gasteiger partial charge in [0, 0.05) is 12.1 Å². The number of nitrogens with two attached hydrogens (primary N) is 1. The summed E-state index contributed by atoms with van der Waals surface area (Å²) in [7, 11) is 0. The highest BCUT2D eigenvalue weighted by Crippen LogP contribution is 2.15. The van der Waals surface area contributed by atoms with Crippen LogP contribution in [0.1, 0.15) is 23.0 Å². The van der Waals surface area contributed by atoms with Crippen LogP contribution in [0, 0.1) is 0 Å². The molecule has 0 aliphatic heterocycles. The number of ether oxygens (including phenoxy) is 1. The van der Waals surface area contributed by atoms with Gasteiger partial charge in [0.1, 0.15) is 6.61 Å². The number of nitrogens with zero attached hydrogens (tertiary/aromatic N) is 2. The van der Waals surface area contributed by atoms with Gasteiger partial charge in [-0.2, -0.15) is 5.10 Å². The van der Waals surface area contributed by atoms with Crippen LogP contribution in [0.3, 0.4) is 0 Å². The summed E-state index contributed by atoms with van der Waals surface area (Å²) >= 11 is 0. The van der Waals surface area contributed by atoms with Crippen molar-refractivity contribution in [2.75, 3.05) is 0 Å². The van der Waals surface area contributed by atoms with Crippen molar-refractivity contribution in [2.45, 2.75) is 20.1 Å². The minimum Gasteiger partial charge on any atom is -0.485 e. The Kier molecular flexibility index (Phi) is 3.63. The molecule has 2 aromatic heterocycles. The van der Waals surface area contributed by atoms with Gasteiger partial charge >= 0.3 is 5.91 Å². The lowest BCUT2D eigenvalue weighted by molar-refractivity contribution is 0.0922. The SMILES string of the molecule is CCn1cc(OCc2ccoc2C(=O)NN)cn1. The van der Waals surface area contributed by atoms with Crippen LogP contribution in [0.2, 0.25) is 0 Å². The van der Waals surface area contributed by atoms with E-state index in [1.165, 1.54) is 6.26 Å². The van der Waals surface area contributed by atoms with E-state index in [9.17, 15) is 4.79 Å². The van der Waals surface area contributed by atoms with Crippen LogP contribution >= 0.6 is 0 Å². The average Bonchev–Trinajstić information content (AvgIpc) is 3.03. The third kappa shape index (κ3) is 2.51. The normalized spacial score (nSPS) is 10.3. The molecule has 0 aliphatic rings. The number of rotatable bonds is 5. The second-order valence-corrected chi connectivity index (χ2v) is 3.57. The van der Waals surface area contributed by atoms with E-state index in [4.69, 9.17) is 15.0 Å². The second kappa shape index (κ2) is 5.37. The molecule has 0 fully saturated rings. The quantitative estimate of drug-likeness (QED) is 0.462. The molecule has 96 valence electrons. The summed E-state index contributed by atoms with van der Waals surface area (Å²) in [5, 5.41) is 4.08. The monoisotopic (exact) mass is 250 g/mol. The van der Waals surface area contributed by atoms with E-state index >= 15 is 0 Å². The van der Waals surface area contributed by atoms with Crippen molar-refractivity contribution in [3.8, 4) is 5.75 Å². The van der Waals surface area contributed by atoms with Crippen molar-refractivity contribution in [1.29, 1.82) is 0 Å². The lowest BCUT2D eigenvalue weighted by Gasteiger charge is -2.03. The van der Waals surface area contributed by atoms with Crippen molar-refractivity contribution < 1.29 is 13.9 Å². The van der Waals surface area contributed by atoms with Gasteiger partial charge in [-0.1, -0.05) is 0 Å². The van der Waals surface area contributed by atoms with Crippen molar-refractivity contribution in [3.05, 3.63) is 36.0 Å². The number of nitrogens with one attached hydrogen (secondary N) is 1. The third-order valence-electron chi connectivity index (χ3n) is 2.41. The Bertz CT molecular complexity index is 532. The first-order chi connectivity index (χ1) is 8.74. The van der Waals surface area contributed by atoms with E-state index < -0.39 is 5.91 Å². The fourth-order valence-corrected chi connectivity index (χ4v) is 1.47. The minimum absolute atomic E-state index is 0.153. The molecule has 2 aromatic rings. The molecule has 2 rings (SSSR count). The van der Waals surface area contributed by atoms with Crippen molar-refractivity contribution >= 4 is 5.91 Å². The molecular weight excluding hydrogens is 236 g/mol. The summed E-state index contributed by atoms with van der Waals surface area (Å²) in [5.74, 6) is 5.35. The summed E-state index contributed by atoms with van der Waals surface area (Å²) in [6, 6.07) is 1.66. The number of amides is 1. The second-order valence-electron chi connectivity index (χ2n) is 3.57. The molecule has 18 heavy (non-hydrogen) atoms. The number of hydrazine groups is 1. The van der Waals surface area contributed by atoms with E-state index in [2.05, 4.69) is 5.10 Å². The summed E-state index contributed by atoms with van der Waals surface area (Å²) in [5.41, 5.74) is 2.64. The van der Waals surface area contributed by atoms with Crippen LogP contribution in [-0.2, 0) is 13.2 Å². The molecule has 0 bridgehead atoms. The molecule has 3 N–H and O–H groups in total. The summed E-state index contributed by atoms with van der Waals surface area (Å²) in [6.07, 6.45) is 4.81. The van der Waals surface area contributed by atoms with Gasteiger partial charge in [-0.05, 0) is 13.0 Å². The van der Waals surface area contributed by atoms with Gasteiger partial charge in [0.25, 0.3) is 0 Å². The molecule has 2 heterocycles. The average molecular weight is 250 g/mol. The van der Waals surface area contributed by atoms with Gasteiger partial charge in [0.2, 0.25) is 0 Å². The van der Waals surface area contributed by atoms with Gasteiger partial charge in [-0.25, -0.2) is 5.84 Å². The molecule has 0 saturated carbocycles. The Labute approximate surface area is 103 Å². The topological polar surface area (TPSA) is 95.3 Å².